The maximum atomic E-state index is 13.2. The largest absolute Gasteiger partial charge is 0.363 e. The molecule has 0 aliphatic heterocycles. The molecule has 2 atom stereocenters. The van der Waals surface area contributed by atoms with Crippen molar-refractivity contribution in [1.82, 2.24) is 10.6 Å². The highest BCUT2D eigenvalue weighted by Gasteiger charge is 2.29. The molecule has 4 N–H and O–H groups in total. The van der Waals surface area contributed by atoms with Crippen LogP contribution in [0.4, 0.5) is 0 Å². The first-order valence-electron chi connectivity index (χ1n) is 11.0. The van der Waals surface area contributed by atoms with Crippen molar-refractivity contribution in [2.45, 2.75) is 31.3 Å². The van der Waals surface area contributed by atoms with Crippen LogP contribution in [0, 0.1) is 0 Å². The molecule has 3 amide bonds. The van der Waals surface area contributed by atoms with Gasteiger partial charge in [0.2, 0.25) is 17.6 Å². The number of ketones is 1. The fourth-order valence-electron chi connectivity index (χ4n) is 3.59. The molecular weight excluding hydrogens is 430 g/mol. The first kappa shape index (κ1) is 24.4. The molecule has 3 aromatic rings. The Hall–Kier alpha value is -4.26. The van der Waals surface area contributed by atoms with Gasteiger partial charge < -0.3 is 16.4 Å². The van der Waals surface area contributed by atoms with Crippen molar-refractivity contribution in [3.8, 4) is 0 Å². The van der Waals surface area contributed by atoms with Crippen molar-refractivity contribution in [1.29, 1.82) is 0 Å². The van der Waals surface area contributed by atoms with Gasteiger partial charge in [-0.05, 0) is 16.7 Å². The zero-order valence-electron chi connectivity index (χ0n) is 18.6. The molecule has 0 aromatic heterocycles. The molecule has 1 unspecified atom stereocenters. The van der Waals surface area contributed by atoms with E-state index in [0.29, 0.717) is 0 Å². The molecule has 0 saturated carbocycles. The predicted molar refractivity (Wildman–Crippen MR) is 129 cm³/mol. The molecule has 0 spiro atoms. The zero-order valence-corrected chi connectivity index (χ0v) is 18.6. The summed E-state index contributed by atoms with van der Waals surface area (Å²) >= 11 is 0. The summed E-state index contributed by atoms with van der Waals surface area (Å²) in [5.74, 6) is -2.93. The highest BCUT2D eigenvalue weighted by Crippen LogP contribution is 2.08. The second-order valence-corrected chi connectivity index (χ2v) is 7.95. The van der Waals surface area contributed by atoms with E-state index in [9.17, 15) is 19.2 Å². The molecule has 0 radical (unpaired) electrons. The van der Waals surface area contributed by atoms with Gasteiger partial charge >= 0.3 is 0 Å². The van der Waals surface area contributed by atoms with Crippen LogP contribution in [0.25, 0.3) is 0 Å². The molecule has 0 fully saturated rings. The summed E-state index contributed by atoms with van der Waals surface area (Å²) in [6.45, 7) is 0. The molecule has 0 aliphatic carbocycles. The summed E-state index contributed by atoms with van der Waals surface area (Å²) in [5.41, 5.74) is 7.63. The maximum Gasteiger partial charge on any atom is 0.287 e. The first-order chi connectivity index (χ1) is 16.4. The monoisotopic (exact) mass is 457 g/mol. The van der Waals surface area contributed by atoms with Gasteiger partial charge in [0, 0.05) is 12.8 Å². The molecule has 0 saturated heterocycles. The van der Waals surface area contributed by atoms with Gasteiger partial charge in [-0.3, -0.25) is 19.2 Å². The van der Waals surface area contributed by atoms with Crippen molar-refractivity contribution >= 4 is 23.5 Å². The summed E-state index contributed by atoms with van der Waals surface area (Å²) in [4.78, 5) is 50.0. The van der Waals surface area contributed by atoms with E-state index >= 15 is 0 Å². The van der Waals surface area contributed by atoms with Gasteiger partial charge in [-0.15, -0.1) is 0 Å². The second kappa shape index (κ2) is 12.1. The number of primary amides is 1. The Bertz CT molecular complexity index is 1120. The number of hydrogen-bond donors (Lipinski definition) is 3. The number of rotatable bonds is 11. The van der Waals surface area contributed by atoms with Gasteiger partial charge in [0.1, 0.15) is 12.1 Å². The molecule has 0 heterocycles. The fraction of sp³-hybridized carbons (Fsp3) is 0.185. The van der Waals surface area contributed by atoms with E-state index < -0.39 is 29.7 Å². The number of nitrogens with two attached hydrogens (primary N) is 1. The number of nitrogens with one attached hydrogen (secondary N) is 2. The molecule has 34 heavy (non-hydrogen) atoms. The quantitative estimate of drug-likeness (QED) is 0.380. The number of Topliss-reactive ketones (excluding diaryl/α,β-unsaturated/α-hetero) is 1. The van der Waals surface area contributed by atoms with Gasteiger partial charge in [0.05, 0.1) is 6.42 Å². The third kappa shape index (κ3) is 7.41. The van der Waals surface area contributed by atoms with Crippen molar-refractivity contribution in [3.05, 3.63) is 108 Å². The van der Waals surface area contributed by atoms with Crippen LogP contribution in [0.3, 0.4) is 0 Å². The molecule has 0 aliphatic rings. The predicted octanol–water partition coefficient (Wildman–Crippen LogP) is 1.74. The van der Waals surface area contributed by atoms with Crippen LogP contribution in [0.1, 0.15) is 16.7 Å². The number of amides is 3. The van der Waals surface area contributed by atoms with Crippen molar-refractivity contribution in [3.63, 3.8) is 0 Å². The zero-order chi connectivity index (χ0) is 24.3. The minimum atomic E-state index is -1.14. The molecule has 0 bridgehead atoms. The summed E-state index contributed by atoms with van der Waals surface area (Å²) in [6, 6.07) is 25.3. The molecule has 174 valence electrons. The highest BCUT2D eigenvalue weighted by molar-refractivity contribution is 6.37. The van der Waals surface area contributed by atoms with E-state index in [1.165, 1.54) is 0 Å². The van der Waals surface area contributed by atoms with E-state index in [-0.39, 0.29) is 25.2 Å². The van der Waals surface area contributed by atoms with Gasteiger partial charge in [-0.2, -0.15) is 0 Å². The lowest BCUT2D eigenvalue weighted by Gasteiger charge is -2.22. The Morgan fingerprint density at radius 1 is 0.618 bits per heavy atom. The van der Waals surface area contributed by atoms with Gasteiger partial charge in [-0.1, -0.05) is 91.0 Å². The Morgan fingerprint density at radius 2 is 1.06 bits per heavy atom. The van der Waals surface area contributed by atoms with Crippen molar-refractivity contribution in [2.75, 3.05) is 0 Å². The van der Waals surface area contributed by atoms with E-state index in [1.807, 2.05) is 66.7 Å². The summed E-state index contributed by atoms with van der Waals surface area (Å²) in [6.07, 6.45) is 0.424. The second-order valence-electron chi connectivity index (χ2n) is 7.95. The summed E-state index contributed by atoms with van der Waals surface area (Å²) in [7, 11) is 0. The lowest BCUT2D eigenvalue weighted by molar-refractivity contribution is -0.138. The number of carbonyl (C=O) groups is 4. The van der Waals surface area contributed by atoms with Crippen LogP contribution in [0.15, 0.2) is 91.0 Å². The van der Waals surface area contributed by atoms with Gasteiger partial charge in [-0.25, -0.2) is 0 Å². The van der Waals surface area contributed by atoms with E-state index in [1.54, 1.807) is 24.3 Å². The first-order valence-corrected chi connectivity index (χ1v) is 11.0. The minimum absolute atomic E-state index is 0.102. The van der Waals surface area contributed by atoms with Crippen LogP contribution < -0.4 is 16.4 Å². The smallest absolute Gasteiger partial charge is 0.287 e. The minimum Gasteiger partial charge on any atom is -0.363 e. The summed E-state index contributed by atoms with van der Waals surface area (Å²) < 4.78 is 0. The normalized spacial score (nSPS) is 12.2. The third-order valence-electron chi connectivity index (χ3n) is 5.30. The maximum absolute atomic E-state index is 13.2. The number of benzene rings is 3. The Morgan fingerprint density at radius 3 is 1.53 bits per heavy atom. The average Bonchev–Trinajstić information content (AvgIpc) is 2.84. The van der Waals surface area contributed by atoms with Gasteiger partial charge in [0.15, 0.2) is 0 Å². The standard InChI is InChI=1S/C27H27N3O4/c28-26(33)25(32)22(16-19-10-4-1-5-11-19)30-27(34)23(17-20-12-6-2-7-13-20)29-24(31)18-21-14-8-3-9-15-21/h1-15,22-23H,16-18H2,(H2,28,33)(H,29,31)(H,30,34)/t22?,23-/m0/s1. The van der Waals surface area contributed by atoms with Crippen molar-refractivity contribution in [2.24, 2.45) is 5.73 Å². The molecule has 7 heteroatoms. The van der Waals surface area contributed by atoms with E-state index in [4.69, 9.17) is 5.73 Å². The average molecular weight is 458 g/mol. The van der Waals surface area contributed by atoms with E-state index in [0.717, 1.165) is 16.7 Å². The van der Waals surface area contributed by atoms with Crippen molar-refractivity contribution < 1.29 is 19.2 Å². The molecular formula is C27H27N3O4. The molecule has 3 aromatic carbocycles. The Kier molecular flexibility index (Phi) is 8.68. The molecule has 3 rings (SSSR count). The van der Waals surface area contributed by atoms with Crippen LogP contribution >= 0.6 is 0 Å². The van der Waals surface area contributed by atoms with Crippen LogP contribution in [0.5, 0.6) is 0 Å². The van der Waals surface area contributed by atoms with Gasteiger partial charge in [0.25, 0.3) is 5.91 Å². The molecule has 7 nitrogen and oxygen atoms in total. The highest BCUT2D eigenvalue weighted by atomic mass is 16.2. The number of carbonyl (C=O) groups excluding carboxylic acids is 4. The van der Waals surface area contributed by atoms with E-state index in [2.05, 4.69) is 10.6 Å². The number of hydrogen-bond acceptors (Lipinski definition) is 4. The van der Waals surface area contributed by atoms with Crippen LogP contribution in [0.2, 0.25) is 0 Å². The fourth-order valence-corrected chi connectivity index (χ4v) is 3.59. The topological polar surface area (TPSA) is 118 Å². The Labute approximate surface area is 198 Å². The lowest BCUT2D eigenvalue weighted by atomic mass is 10.00. The van der Waals surface area contributed by atoms with Crippen LogP contribution in [-0.2, 0) is 38.4 Å². The SMILES string of the molecule is NC(=O)C(=O)C(Cc1ccccc1)NC(=O)[C@H](Cc1ccccc1)NC(=O)Cc1ccccc1. The third-order valence-corrected chi connectivity index (χ3v) is 5.30. The lowest BCUT2D eigenvalue weighted by Crippen LogP contribution is -2.55. The Balaban J connectivity index is 1.77. The van der Waals surface area contributed by atoms with Crippen LogP contribution in [-0.4, -0.2) is 35.6 Å². The summed E-state index contributed by atoms with van der Waals surface area (Å²) in [5, 5.41) is 5.40.